The van der Waals surface area contributed by atoms with Gasteiger partial charge in [0.1, 0.15) is 18.0 Å². The average Bonchev–Trinajstić information content (AvgIpc) is 2.88. The molecule has 3 aromatic heterocycles. The Balaban J connectivity index is 2.02. The first-order chi connectivity index (χ1) is 9.36. The van der Waals surface area contributed by atoms with E-state index in [0.717, 1.165) is 17.0 Å². The molecule has 0 fully saturated rings. The van der Waals surface area contributed by atoms with E-state index in [-0.39, 0.29) is 0 Å². The summed E-state index contributed by atoms with van der Waals surface area (Å²) in [6.07, 6.45) is 10.5. The molecule has 19 heavy (non-hydrogen) atoms. The molecular formula is C14H9N5. The molecule has 0 saturated heterocycles. The number of aromatic nitrogens is 4. The molecule has 5 heteroatoms. The first kappa shape index (κ1) is 11.1. The third kappa shape index (κ3) is 2.19. The van der Waals surface area contributed by atoms with Crippen LogP contribution in [0.15, 0.2) is 43.1 Å². The minimum Gasteiger partial charge on any atom is -0.299 e. The second kappa shape index (κ2) is 4.70. The summed E-state index contributed by atoms with van der Waals surface area (Å²) < 4.78 is 1.87. The topological polar surface area (TPSA) is 66.9 Å². The first-order valence-electron chi connectivity index (χ1n) is 5.68. The molecule has 0 amide bonds. The minimum atomic E-state index is 0.599. The smallest absolute Gasteiger partial charge is 0.137 e. The molecule has 0 aliphatic heterocycles. The van der Waals surface area contributed by atoms with Gasteiger partial charge >= 0.3 is 0 Å². The van der Waals surface area contributed by atoms with Gasteiger partial charge < -0.3 is 0 Å². The van der Waals surface area contributed by atoms with E-state index in [0.29, 0.717) is 5.56 Å². The second-order valence-electron chi connectivity index (χ2n) is 3.91. The molecule has 3 rings (SSSR count). The molecule has 0 bridgehead atoms. The van der Waals surface area contributed by atoms with E-state index in [9.17, 15) is 0 Å². The van der Waals surface area contributed by atoms with E-state index < -0.39 is 0 Å². The molecule has 90 valence electrons. The van der Waals surface area contributed by atoms with Gasteiger partial charge in [0.15, 0.2) is 0 Å². The fourth-order valence-corrected chi connectivity index (χ4v) is 1.76. The molecule has 0 unspecified atom stereocenters. The van der Waals surface area contributed by atoms with E-state index in [2.05, 4.69) is 21.0 Å². The summed E-state index contributed by atoms with van der Waals surface area (Å²) in [7, 11) is 0. The molecule has 0 spiro atoms. The maximum atomic E-state index is 8.91. The predicted molar refractivity (Wildman–Crippen MR) is 70.9 cm³/mol. The number of hydrogen-bond acceptors (Lipinski definition) is 4. The fraction of sp³-hybridized carbons (Fsp3) is 0. The van der Waals surface area contributed by atoms with Gasteiger partial charge in [-0.15, -0.1) is 0 Å². The van der Waals surface area contributed by atoms with Crippen molar-refractivity contribution in [3.63, 3.8) is 0 Å². The minimum absolute atomic E-state index is 0.599. The second-order valence-corrected chi connectivity index (χ2v) is 3.91. The highest BCUT2D eigenvalue weighted by atomic mass is 15.0. The number of nitrogens with zero attached hydrogens (tertiary/aromatic N) is 5. The Morgan fingerprint density at radius 2 is 2.11 bits per heavy atom. The highest BCUT2D eigenvalue weighted by Crippen LogP contribution is 2.11. The summed E-state index contributed by atoms with van der Waals surface area (Å²) in [5.41, 5.74) is 3.12. The summed E-state index contributed by atoms with van der Waals surface area (Å²) in [6.45, 7) is 0. The van der Waals surface area contributed by atoms with E-state index in [1.165, 1.54) is 6.33 Å². The van der Waals surface area contributed by atoms with E-state index in [4.69, 9.17) is 5.26 Å². The molecule has 3 heterocycles. The maximum Gasteiger partial charge on any atom is 0.137 e. The van der Waals surface area contributed by atoms with Crippen LogP contribution in [0.5, 0.6) is 0 Å². The third-order valence-electron chi connectivity index (χ3n) is 2.69. The zero-order valence-electron chi connectivity index (χ0n) is 9.93. The molecule has 3 aromatic rings. The van der Waals surface area contributed by atoms with Crippen molar-refractivity contribution in [3.05, 3.63) is 60.1 Å². The van der Waals surface area contributed by atoms with Crippen molar-refractivity contribution >= 4 is 17.8 Å². The maximum absolute atomic E-state index is 8.91. The van der Waals surface area contributed by atoms with Crippen molar-refractivity contribution < 1.29 is 0 Å². The Hall–Kier alpha value is -3.00. The van der Waals surface area contributed by atoms with Crippen LogP contribution in [0.4, 0.5) is 0 Å². The predicted octanol–water partition coefficient (Wildman–Crippen LogP) is 2.17. The van der Waals surface area contributed by atoms with Crippen LogP contribution in [0.3, 0.4) is 0 Å². The number of rotatable bonds is 2. The third-order valence-corrected chi connectivity index (χ3v) is 2.69. The van der Waals surface area contributed by atoms with E-state index >= 15 is 0 Å². The van der Waals surface area contributed by atoms with Crippen LogP contribution in [0.25, 0.3) is 17.8 Å². The van der Waals surface area contributed by atoms with Crippen LogP contribution in [-0.4, -0.2) is 19.4 Å². The van der Waals surface area contributed by atoms with Gasteiger partial charge in [-0.05, 0) is 30.4 Å². The van der Waals surface area contributed by atoms with Crippen LogP contribution < -0.4 is 0 Å². The Bertz CT molecular complexity index is 780. The van der Waals surface area contributed by atoms with Crippen molar-refractivity contribution in [1.29, 1.82) is 5.26 Å². The monoisotopic (exact) mass is 247 g/mol. The lowest BCUT2D eigenvalue weighted by Crippen LogP contribution is -1.89. The Kier molecular flexibility index (Phi) is 2.75. The molecular weight excluding hydrogens is 238 g/mol. The van der Waals surface area contributed by atoms with Gasteiger partial charge in [-0.2, -0.15) is 5.26 Å². The summed E-state index contributed by atoms with van der Waals surface area (Å²) >= 11 is 0. The zero-order valence-corrected chi connectivity index (χ0v) is 9.93. The van der Waals surface area contributed by atoms with Crippen LogP contribution in [0.2, 0.25) is 0 Å². The lowest BCUT2D eigenvalue weighted by atomic mass is 10.3. The molecule has 5 nitrogen and oxygen atoms in total. The van der Waals surface area contributed by atoms with Gasteiger partial charge in [0, 0.05) is 12.4 Å². The van der Waals surface area contributed by atoms with Crippen molar-refractivity contribution in [2.24, 2.45) is 0 Å². The highest BCUT2D eigenvalue weighted by molar-refractivity contribution is 5.67. The first-order valence-corrected chi connectivity index (χ1v) is 5.68. The number of fused-ring (bicyclic) bond motifs is 1. The highest BCUT2D eigenvalue weighted by Gasteiger charge is 2.01. The largest absolute Gasteiger partial charge is 0.299 e. The van der Waals surface area contributed by atoms with Crippen LogP contribution >= 0.6 is 0 Å². The van der Waals surface area contributed by atoms with Crippen molar-refractivity contribution in [2.75, 3.05) is 0 Å². The summed E-state index contributed by atoms with van der Waals surface area (Å²) in [5, 5.41) is 8.91. The molecule has 0 aliphatic carbocycles. The molecule has 0 aliphatic rings. The number of hydrogen-bond donors (Lipinski definition) is 0. The number of pyridine rings is 1. The van der Waals surface area contributed by atoms with Gasteiger partial charge in [0.2, 0.25) is 0 Å². The van der Waals surface area contributed by atoms with Crippen LogP contribution in [0, 0.1) is 11.3 Å². The molecule has 0 atom stereocenters. The summed E-state index contributed by atoms with van der Waals surface area (Å²) in [5.74, 6) is 0. The number of nitriles is 1. The molecule has 0 saturated carbocycles. The van der Waals surface area contributed by atoms with Crippen molar-refractivity contribution in [2.45, 2.75) is 0 Å². The Morgan fingerprint density at radius 1 is 1.16 bits per heavy atom. The van der Waals surface area contributed by atoms with Gasteiger partial charge in [-0.25, -0.2) is 15.0 Å². The Labute approximate surface area is 109 Å². The molecule has 0 N–H and O–H groups in total. The standard InChI is InChI=1S/C14H9N5/c15-7-11-1-4-14-17-8-13(19(14)9-11)3-2-12-5-6-16-10-18-12/h1-6,8-10H/b3-2+. The lowest BCUT2D eigenvalue weighted by Gasteiger charge is -1.97. The van der Waals surface area contributed by atoms with Crippen LogP contribution in [0.1, 0.15) is 17.0 Å². The van der Waals surface area contributed by atoms with Crippen molar-refractivity contribution in [1.82, 2.24) is 19.4 Å². The Morgan fingerprint density at radius 3 is 2.89 bits per heavy atom. The normalized spacial score (nSPS) is 10.9. The van der Waals surface area contributed by atoms with E-state index in [1.54, 1.807) is 24.7 Å². The average molecular weight is 247 g/mol. The van der Waals surface area contributed by atoms with Gasteiger partial charge in [-0.1, -0.05) is 0 Å². The summed E-state index contributed by atoms with van der Waals surface area (Å²) in [6, 6.07) is 7.51. The molecule has 0 radical (unpaired) electrons. The fourth-order valence-electron chi connectivity index (χ4n) is 1.76. The van der Waals surface area contributed by atoms with Crippen LogP contribution in [-0.2, 0) is 0 Å². The quantitative estimate of drug-likeness (QED) is 0.696. The van der Waals surface area contributed by atoms with Crippen molar-refractivity contribution in [3.8, 4) is 6.07 Å². The summed E-state index contributed by atoms with van der Waals surface area (Å²) in [4.78, 5) is 12.3. The molecule has 0 aromatic carbocycles. The lowest BCUT2D eigenvalue weighted by molar-refractivity contribution is 1.15. The van der Waals surface area contributed by atoms with E-state index in [1.807, 2.05) is 28.7 Å². The van der Waals surface area contributed by atoms with Gasteiger partial charge in [0.25, 0.3) is 0 Å². The number of imidazole rings is 1. The SMILES string of the molecule is N#Cc1ccc2ncc(/C=C/c3ccncn3)n2c1. The van der Waals surface area contributed by atoms with Gasteiger partial charge in [0.05, 0.1) is 23.1 Å². The zero-order chi connectivity index (χ0) is 13.1. The van der Waals surface area contributed by atoms with Gasteiger partial charge in [-0.3, -0.25) is 4.40 Å².